The minimum Gasteiger partial charge on any atom is -0.324 e. The molecule has 0 aliphatic heterocycles. The van der Waals surface area contributed by atoms with Crippen LogP contribution in [0.3, 0.4) is 0 Å². The van der Waals surface area contributed by atoms with Crippen LogP contribution in [0.5, 0.6) is 0 Å². The number of benzene rings is 2. The van der Waals surface area contributed by atoms with E-state index in [9.17, 15) is 10.1 Å². The quantitative estimate of drug-likeness (QED) is 0.372. The lowest BCUT2D eigenvalue weighted by Crippen LogP contribution is -2.15. The summed E-state index contributed by atoms with van der Waals surface area (Å²) in [5.41, 5.74) is 3.71. The molecule has 2 aromatic carbocycles. The number of pyridine rings is 1. The molecule has 0 spiro atoms. The maximum absolute atomic E-state index is 12.6. The number of nitrogens with zero attached hydrogens (tertiary/aromatic N) is 5. The molecule has 2 aromatic heterocycles. The zero-order chi connectivity index (χ0) is 23.2. The topological polar surface area (TPSA) is 96.5 Å². The van der Waals surface area contributed by atoms with Gasteiger partial charge in [0.05, 0.1) is 17.0 Å². The lowest BCUT2D eigenvalue weighted by atomic mass is 10.1. The Balaban J connectivity index is 1.60. The van der Waals surface area contributed by atoms with Crippen molar-refractivity contribution in [2.45, 2.75) is 18.5 Å². The van der Waals surface area contributed by atoms with Crippen LogP contribution in [-0.2, 0) is 11.2 Å². The van der Waals surface area contributed by atoms with Crippen LogP contribution in [-0.4, -0.2) is 31.4 Å². The van der Waals surface area contributed by atoms with E-state index in [1.807, 2.05) is 28.8 Å². The molecule has 0 saturated heterocycles. The predicted octanol–water partition coefficient (Wildman–Crippen LogP) is 5.15. The monoisotopic (exact) mass is 474 g/mol. The maximum Gasteiger partial charge on any atom is 0.234 e. The number of carbonyl (C=O) groups excluding carboxylic acids is 1. The Kier molecular flexibility index (Phi) is 7.03. The van der Waals surface area contributed by atoms with Crippen molar-refractivity contribution in [2.24, 2.45) is 0 Å². The third kappa shape index (κ3) is 5.22. The molecular formula is C24H19ClN6OS. The summed E-state index contributed by atoms with van der Waals surface area (Å²) in [5, 5.41) is 21.8. The van der Waals surface area contributed by atoms with E-state index in [2.05, 4.69) is 45.6 Å². The number of rotatable bonds is 7. The van der Waals surface area contributed by atoms with Crippen molar-refractivity contribution in [3.05, 3.63) is 83.1 Å². The second-order valence-corrected chi connectivity index (χ2v) is 8.41. The Morgan fingerprint density at radius 1 is 1.12 bits per heavy atom. The van der Waals surface area contributed by atoms with Gasteiger partial charge < -0.3 is 5.32 Å². The summed E-state index contributed by atoms with van der Waals surface area (Å²) in [4.78, 5) is 16.7. The van der Waals surface area contributed by atoms with Crippen LogP contribution < -0.4 is 5.32 Å². The zero-order valence-corrected chi connectivity index (χ0v) is 19.3. The van der Waals surface area contributed by atoms with E-state index in [1.54, 1.807) is 30.6 Å². The van der Waals surface area contributed by atoms with E-state index in [1.165, 1.54) is 17.3 Å². The number of aromatic nitrogens is 4. The van der Waals surface area contributed by atoms with Crippen LogP contribution in [0.4, 0.5) is 5.69 Å². The summed E-state index contributed by atoms with van der Waals surface area (Å²) in [6.07, 6.45) is 4.34. The van der Waals surface area contributed by atoms with Gasteiger partial charge in [-0.25, -0.2) is 0 Å². The molecule has 33 heavy (non-hydrogen) atoms. The van der Waals surface area contributed by atoms with Crippen LogP contribution in [0, 0.1) is 11.3 Å². The Bertz CT molecular complexity index is 1320. The minimum absolute atomic E-state index is 0.0822. The summed E-state index contributed by atoms with van der Waals surface area (Å²) in [7, 11) is 0. The van der Waals surface area contributed by atoms with Crippen LogP contribution in [0.15, 0.2) is 72.1 Å². The summed E-state index contributed by atoms with van der Waals surface area (Å²) < 4.78 is 1.92. The minimum atomic E-state index is -0.278. The van der Waals surface area contributed by atoms with Gasteiger partial charge in [0, 0.05) is 28.7 Å². The Hall–Kier alpha value is -3.67. The Morgan fingerprint density at radius 2 is 1.88 bits per heavy atom. The molecule has 0 fully saturated rings. The number of hydrogen-bond acceptors (Lipinski definition) is 6. The molecule has 2 heterocycles. The maximum atomic E-state index is 12.6. The molecule has 0 aliphatic carbocycles. The summed E-state index contributed by atoms with van der Waals surface area (Å²) in [6, 6.07) is 18.7. The van der Waals surface area contributed by atoms with Crippen LogP contribution in [0.2, 0.25) is 5.02 Å². The molecule has 4 aromatic rings. The van der Waals surface area contributed by atoms with E-state index >= 15 is 0 Å². The molecule has 7 nitrogen and oxygen atoms in total. The second-order valence-electron chi connectivity index (χ2n) is 7.04. The fourth-order valence-corrected chi connectivity index (χ4v) is 4.12. The van der Waals surface area contributed by atoms with Gasteiger partial charge in [-0.2, -0.15) is 5.26 Å². The van der Waals surface area contributed by atoms with Gasteiger partial charge >= 0.3 is 0 Å². The van der Waals surface area contributed by atoms with E-state index in [0.29, 0.717) is 27.3 Å². The highest BCUT2D eigenvalue weighted by atomic mass is 35.5. The van der Waals surface area contributed by atoms with E-state index in [-0.39, 0.29) is 11.7 Å². The molecule has 4 rings (SSSR count). The van der Waals surface area contributed by atoms with Gasteiger partial charge in [0.1, 0.15) is 6.07 Å². The predicted molar refractivity (Wildman–Crippen MR) is 129 cm³/mol. The molecular weight excluding hydrogens is 456 g/mol. The van der Waals surface area contributed by atoms with Gasteiger partial charge in [-0.05, 0) is 54.4 Å². The molecule has 1 amide bonds. The number of hydrogen-bond donors (Lipinski definition) is 1. The van der Waals surface area contributed by atoms with Crippen molar-refractivity contribution in [1.82, 2.24) is 19.7 Å². The van der Waals surface area contributed by atoms with Gasteiger partial charge in [0.15, 0.2) is 11.0 Å². The number of nitriles is 1. The SMILES string of the molecule is CCc1ccc(-n2c(SCC(=O)Nc3cc(Cl)ccc3C#N)nnc2-c2ccncc2)cc1. The molecule has 0 aliphatic rings. The van der Waals surface area contributed by atoms with Crippen LogP contribution in [0.25, 0.3) is 17.1 Å². The van der Waals surface area contributed by atoms with Crippen molar-refractivity contribution in [2.75, 3.05) is 11.1 Å². The zero-order valence-electron chi connectivity index (χ0n) is 17.7. The Labute approximate surface area is 200 Å². The molecule has 0 unspecified atom stereocenters. The highest BCUT2D eigenvalue weighted by Crippen LogP contribution is 2.28. The van der Waals surface area contributed by atoms with Gasteiger partial charge in [-0.1, -0.05) is 42.4 Å². The largest absolute Gasteiger partial charge is 0.324 e. The van der Waals surface area contributed by atoms with Gasteiger partial charge in [0.2, 0.25) is 5.91 Å². The summed E-state index contributed by atoms with van der Waals surface area (Å²) in [5.74, 6) is 0.463. The average Bonchev–Trinajstić information content (AvgIpc) is 3.27. The highest BCUT2D eigenvalue weighted by Gasteiger charge is 2.18. The fourth-order valence-electron chi connectivity index (χ4n) is 3.20. The number of halogens is 1. The van der Waals surface area contributed by atoms with Crippen LogP contribution >= 0.6 is 23.4 Å². The lowest BCUT2D eigenvalue weighted by Gasteiger charge is -2.11. The van der Waals surface area contributed by atoms with Gasteiger partial charge in [-0.3, -0.25) is 14.3 Å². The van der Waals surface area contributed by atoms with Crippen molar-refractivity contribution < 1.29 is 4.79 Å². The normalized spacial score (nSPS) is 10.6. The van der Waals surface area contributed by atoms with Gasteiger partial charge in [0.25, 0.3) is 0 Å². The van der Waals surface area contributed by atoms with Crippen molar-refractivity contribution in [3.8, 4) is 23.1 Å². The van der Waals surface area contributed by atoms with E-state index in [4.69, 9.17) is 11.6 Å². The first-order valence-electron chi connectivity index (χ1n) is 10.2. The molecule has 9 heteroatoms. The lowest BCUT2D eigenvalue weighted by molar-refractivity contribution is -0.113. The van der Waals surface area contributed by atoms with Crippen molar-refractivity contribution >= 4 is 35.0 Å². The van der Waals surface area contributed by atoms with E-state index < -0.39 is 0 Å². The molecule has 0 radical (unpaired) electrons. The third-order valence-electron chi connectivity index (χ3n) is 4.88. The first-order chi connectivity index (χ1) is 16.1. The molecule has 0 bridgehead atoms. The van der Waals surface area contributed by atoms with Crippen molar-refractivity contribution in [3.63, 3.8) is 0 Å². The Morgan fingerprint density at radius 3 is 2.58 bits per heavy atom. The molecule has 164 valence electrons. The molecule has 1 N–H and O–H groups in total. The van der Waals surface area contributed by atoms with E-state index in [0.717, 1.165) is 17.7 Å². The average molecular weight is 475 g/mol. The van der Waals surface area contributed by atoms with Crippen molar-refractivity contribution in [1.29, 1.82) is 5.26 Å². The van der Waals surface area contributed by atoms with Gasteiger partial charge in [-0.15, -0.1) is 10.2 Å². The number of thioether (sulfide) groups is 1. The second kappa shape index (κ2) is 10.3. The number of aryl methyl sites for hydroxylation is 1. The number of anilines is 1. The smallest absolute Gasteiger partial charge is 0.234 e. The number of carbonyl (C=O) groups is 1. The number of amides is 1. The first-order valence-corrected chi connectivity index (χ1v) is 11.5. The molecule has 0 saturated carbocycles. The third-order valence-corrected chi connectivity index (χ3v) is 6.05. The summed E-state index contributed by atoms with van der Waals surface area (Å²) in [6.45, 7) is 2.10. The summed E-state index contributed by atoms with van der Waals surface area (Å²) >= 11 is 7.27. The first kappa shape index (κ1) is 22.5. The standard InChI is InChI=1S/C24H19ClN6OS/c1-2-16-3-7-20(8-4-16)31-23(17-9-11-27-12-10-17)29-30-24(31)33-15-22(32)28-21-13-19(25)6-5-18(21)14-26/h3-13H,2,15H2,1H3,(H,28,32). The number of nitrogens with one attached hydrogen (secondary N) is 1. The highest BCUT2D eigenvalue weighted by molar-refractivity contribution is 7.99. The fraction of sp³-hybridized carbons (Fsp3) is 0.125. The molecule has 0 atom stereocenters. The van der Waals surface area contributed by atoms with Crippen LogP contribution in [0.1, 0.15) is 18.1 Å².